The fraction of sp³-hybridized carbons (Fsp3) is 0.545. The number of hydrogen-bond donors (Lipinski definition) is 2. The highest BCUT2D eigenvalue weighted by molar-refractivity contribution is 5.57. The summed E-state index contributed by atoms with van der Waals surface area (Å²) in [6, 6.07) is 7.95. The number of likely N-dealkylation sites (tertiary alicyclic amines) is 1. The van der Waals surface area contributed by atoms with Crippen LogP contribution in [0.1, 0.15) is 31.2 Å². The summed E-state index contributed by atoms with van der Waals surface area (Å²) in [5.41, 5.74) is 1.96. The van der Waals surface area contributed by atoms with Crippen molar-refractivity contribution in [1.29, 1.82) is 0 Å². The zero-order valence-corrected chi connectivity index (χ0v) is 17.2. The minimum absolute atomic E-state index is 0.277. The highest BCUT2D eigenvalue weighted by Crippen LogP contribution is 2.21. The summed E-state index contributed by atoms with van der Waals surface area (Å²) < 4.78 is 11.5. The van der Waals surface area contributed by atoms with Crippen molar-refractivity contribution in [3.05, 3.63) is 36.0 Å². The molecule has 0 radical (unpaired) electrons. The van der Waals surface area contributed by atoms with E-state index in [1.54, 1.807) is 0 Å². The van der Waals surface area contributed by atoms with Gasteiger partial charge in [-0.15, -0.1) is 0 Å². The van der Waals surface area contributed by atoms with E-state index in [4.69, 9.17) is 9.47 Å². The second-order valence-corrected chi connectivity index (χ2v) is 7.79. The minimum atomic E-state index is 0.277. The maximum atomic E-state index is 5.87. The Bertz CT molecular complexity index is 771. The first-order valence-corrected chi connectivity index (χ1v) is 10.7. The number of nitrogens with zero attached hydrogens (tertiary/aromatic N) is 3. The van der Waals surface area contributed by atoms with E-state index >= 15 is 0 Å². The molecule has 2 aromatic rings. The Morgan fingerprint density at radius 1 is 1.17 bits per heavy atom. The molecule has 2 N–H and O–H groups in total. The lowest BCUT2D eigenvalue weighted by molar-refractivity contribution is 0.120. The molecule has 1 atom stereocenters. The highest BCUT2D eigenvalue weighted by Gasteiger charge is 2.16. The van der Waals surface area contributed by atoms with Crippen LogP contribution < -0.4 is 15.4 Å². The minimum Gasteiger partial charge on any atom is -0.492 e. The summed E-state index contributed by atoms with van der Waals surface area (Å²) in [5, 5.41) is 6.67. The molecule has 2 saturated heterocycles. The van der Waals surface area contributed by atoms with Gasteiger partial charge in [-0.2, -0.15) is 4.98 Å². The highest BCUT2D eigenvalue weighted by atomic mass is 16.5. The molecule has 0 unspecified atom stereocenters. The van der Waals surface area contributed by atoms with Crippen molar-refractivity contribution >= 4 is 17.5 Å². The normalized spacial score (nSPS) is 19.4. The van der Waals surface area contributed by atoms with Gasteiger partial charge in [0.2, 0.25) is 5.95 Å². The van der Waals surface area contributed by atoms with E-state index in [1.165, 1.54) is 25.9 Å². The zero-order chi connectivity index (χ0) is 19.9. The first-order chi connectivity index (χ1) is 14.3. The molecule has 0 bridgehead atoms. The van der Waals surface area contributed by atoms with E-state index < -0.39 is 0 Å². The molecular formula is C22H31N5O2. The van der Waals surface area contributed by atoms with Gasteiger partial charge in [-0.1, -0.05) is 0 Å². The van der Waals surface area contributed by atoms with Crippen molar-refractivity contribution in [2.75, 3.05) is 50.0 Å². The van der Waals surface area contributed by atoms with Gasteiger partial charge in [-0.3, -0.25) is 4.90 Å². The SMILES string of the molecule is Cc1cnc(Nc2ccc(OCCN3CCCC3)cc2)nc1NC[C@@H]1CCCO1. The van der Waals surface area contributed by atoms with Crippen LogP contribution in [0.2, 0.25) is 0 Å². The van der Waals surface area contributed by atoms with Gasteiger partial charge in [0.25, 0.3) is 0 Å². The van der Waals surface area contributed by atoms with Gasteiger partial charge in [-0.25, -0.2) is 4.98 Å². The van der Waals surface area contributed by atoms with E-state index in [0.29, 0.717) is 5.95 Å². The molecule has 0 amide bonds. The Labute approximate surface area is 172 Å². The van der Waals surface area contributed by atoms with Crippen LogP contribution in [0, 0.1) is 6.92 Å². The van der Waals surface area contributed by atoms with Gasteiger partial charge >= 0.3 is 0 Å². The Morgan fingerprint density at radius 2 is 2.00 bits per heavy atom. The van der Waals surface area contributed by atoms with E-state index in [2.05, 4.69) is 25.5 Å². The average Bonchev–Trinajstić information content (AvgIpc) is 3.44. The van der Waals surface area contributed by atoms with Crippen LogP contribution in [0.3, 0.4) is 0 Å². The van der Waals surface area contributed by atoms with Gasteiger partial charge < -0.3 is 20.1 Å². The maximum absolute atomic E-state index is 5.87. The molecule has 2 aliphatic heterocycles. The second kappa shape index (κ2) is 9.89. The number of anilines is 3. The molecule has 0 aliphatic carbocycles. The summed E-state index contributed by atoms with van der Waals surface area (Å²) in [4.78, 5) is 11.5. The molecule has 2 aliphatic rings. The third-order valence-corrected chi connectivity index (χ3v) is 5.48. The van der Waals surface area contributed by atoms with E-state index in [0.717, 1.165) is 62.0 Å². The summed E-state index contributed by atoms with van der Waals surface area (Å²) in [6.07, 6.45) is 6.98. The fourth-order valence-electron chi connectivity index (χ4n) is 3.76. The zero-order valence-electron chi connectivity index (χ0n) is 17.2. The molecule has 0 saturated carbocycles. The van der Waals surface area contributed by atoms with Crippen molar-refractivity contribution in [2.45, 2.75) is 38.7 Å². The number of nitrogens with one attached hydrogen (secondary N) is 2. The second-order valence-electron chi connectivity index (χ2n) is 7.79. The van der Waals surface area contributed by atoms with Gasteiger partial charge in [0.15, 0.2) is 0 Å². The third-order valence-electron chi connectivity index (χ3n) is 5.48. The molecule has 1 aromatic carbocycles. The number of hydrogen-bond acceptors (Lipinski definition) is 7. The summed E-state index contributed by atoms with van der Waals surface area (Å²) in [5.74, 6) is 2.31. The summed E-state index contributed by atoms with van der Waals surface area (Å²) in [6.45, 7) is 7.78. The number of ether oxygens (including phenoxy) is 2. The quantitative estimate of drug-likeness (QED) is 0.670. The molecule has 156 valence electrons. The lowest BCUT2D eigenvalue weighted by Crippen LogP contribution is -2.25. The molecular weight excluding hydrogens is 366 g/mol. The third kappa shape index (κ3) is 5.81. The molecule has 1 aromatic heterocycles. The van der Waals surface area contributed by atoms with Crippen LogP contribution in [0.25, 0.3) is 0 Å². The first kappa shape index (κ1) is 19.9. The molecule has 29 heavy (non-hydrogen) atoms. The van der Waals surface area contributed by atoms with Crippen LogP contribution in [-0.4, -0.2) is 60.4 Å². The monoisotopic (exact) mass is 397 g/mol. The summed E-state index contributed by atoms with van der Waals surface area (Å²) >= 11 is 0. The molecule has 7 nitrogen and oxygen atoms in total. The van der Waals surface area contributed by atoms with E-state index in [1.807, 2.05) is 37.4 Å². The fourth-order valence-corrected chi connectivity index (χ4v) is 3.76. The standard InChI is InChI=1S/C22H31N5O2/c1-17-15-24-22(26-21(17)23-16-20-5-4-13-28-20)25-18-6-8-19(9-7-18)29-14-12-27-10-2-3-11-27/h6-9,15,20H,2-5,10-14,16H2,1H3,(H2,23,24,25,26)/t20-/m0/s1. The topological polar surface area (TPSA) is 71.5 Å². The largest absolute Gasteiger partial charge is 0.492 e. The van der Waals surface area contributed by atoms with E-state index in [-0.39, 0.29) is 6.10 Å². The number of rotatable bonds is 9. The van der Waals surface area contributed by atoms with Gasteiger partial charge in [-0.05, 0) is 70.0 Å². The van der Waals surface area contributed by atoms with Gasteiger partial charge in [0, 0.05) is 37.1 Å². The van der Waals surface area contributed by atoms with Crippen LogP contribution >= 0.6 is 0 Å². The molecule has 3 heterocycles. The van der Waals surface area contributed by atoms with Crippen molar-refractivity contribution in [2.24, 2.45) is 0 Å². The number of aromatic nitrogens is 2. The maximum Gasteiger partial charge on any atom is 0.229 e. The van der Waals surface area contributed by atoms with Crippen molar-refractivity contribution in [3.8, 4) is 5.75 Å². The van der Waals surface area contributed by atoms with Crippen molar-refractivity contribution < 1.29 is 9.47 Å². The molecule has 4 rings (SSSR count). The smallest absolute Gasteiger partial charge is 0.229 e. The Balaban J connectivity index is 1.28. The van der Waals surface area contributed by atoms with E-state index in [9.17, 15) is 0 Å². The van der Waals surface area contributed by atoms with Gasteiger partial charge in [0.05, 0.1) is 6.10 Å². The van der Waals surface area contributed by atoms with Crippen molar-refractivity contribution in [3.63, 3.8) is 0 Å². The van der Waals surface area contributed by atoms with Crippen LogP contribution in [0.4, 0.5) is 17.5 Å². The van der Waals surface area contributed by atoms with Crippen molar-refractivity contribution in [1.82, 2.24) is 14.9 Å². The lowest BCUT2D eigenvalue weighted by atomic mass is 10.2. The Morgan fingerprint density at radius 3 is 2.76 bits per heavy atom. The molecule has 7 heteroatoms. The Kier molecular flexibility index (Phi) is 6.79. The molecule has 2 fully saturated rings. The van der Waals surface area contributed by atoms with Crippen LogP contribution in [0.5, 0.6) is 5.75 Å². The van der Waals surface area contributed by atoms with Gasteiger partial charge in [0.1, 0.15) is 18.2 Å². The van der Waals surface area contributed by atoms with Crippen LogP contribution in [-0.2, 0) is 4.74 Å². The summed E-state index contributed by atoms with van der Waals surface area (Å²) in [7, 11) is 0. The predicted molar refractivity (Wildman–Crippen MR) is 115 cm³/mol. The van der Waals surface area contributed by atoms with Crippen LogP contribution in [0.15, 0.2) is 30.5 Å². The number of benzene rings is 1. The average molecular weight is 398 g/mol. The lowest BCUT2D eigenvalue weighted by Gasteiger charge is -2.15. The Hall–Kier alpha value is -2.38. The first-order valence-electron chi connectivity index (χ1n) is 10.7. The number of aryl methyl sites for hydroxylation is 1. The molecule has 0 spiro atoms. The predicted octanol–water partition coefficient (Wildman–Crippen LogP) is 3.59.